The van der Waals surface area contributed by atoms with E-state index in [-0.39, 0.29) is 0 Å². The lowest BCUT2D eigenvalue weighted by Gasteiger charge is -2.06. The second-order valence-corrected chi connectivity index (χ2v) is 5.27. The van der Waals surface area contributed by atoms with Crippen LogP contribution in [0.15, 0.2) is 66.0 Å². The number of carbonyl (C=O) groups is 1. The van der Waals surface area contributed by atoms with Gasteiger partial charge in [0.1, 0.15) is 0 Å². The molecule has 0 saturated heterocycles. The monoisotopic (exact) mass is 280 g/mol. The van der Waals surface area contributed by atoms with Gasteiger partial charge in [-0.05, 0) is 11.1 Å². The van der Waals surface area contributed by atoms with Crippen molar-refractivity contribution in [1.29, 1.82) is 0 Å². The maximum atomic E-state index is 11.4. The molecule has 2 aromatic carbocycles. The van der Waals surface area contributed by atoms with Crippen LogP contribution in [0.4, 0.5) is 0 Å². The molecule has 0 atom stereocenters. The highest BCUT2D eigenvalue weighted by molar-refractivity contribution is 7.14. The van der Waals surface area contributed by atoms with Crippen LogP contribution in [0.3, 0.4) is 0 Å². The molecule has 98 valence electrons. The Balaban J connectivity index is 2.25. The zero-order chi connectivity index (χ0) is 13.9. The number of hydrogen-bond donors (Lipinski definition) is 1. The van der Waals surface area contributed by atoms with E-state index in [1.54, 1.807) is 5.38 Å². The van der Waals surface area contributed by atoms with E-state index in [0.29, 0.717) is 5.56 Å². The van der Waals surface area contributed by atoms with Crippen LogP contribution in [-0.4, -0.2) is 11.1 Å². The molecule has 3 rings (SSSR count). The normalized spacial score (nSPS) is 10.4. The summed E-state index contributed by atoms with van der Waals surface area (Å²) in [6, 6.07) is 19.6. The average molecular weight is 280 g/mol. The molecule has 0 saturated carbocycles. The van der Waals surface area contributed by atoms with Crippen molar-refractivity contribution >= 4 is 17.3 Å². The van der Waals surface area contributed by atoms with Gasteiger partial charge in [0.2, 0.25) is 0 Å². The van der Waals surface area contributed by atoms with E-state index >= 15 is 0 Å². The van der Waals surface area contributed by atoms with Crippen molar-refractivity contribution in [1.82, 2.24) is 0 Å². The molecule has 2 nitrogen and oxygen atoms in total. The van der Waals surface area contributed by atoms with Crippen LogP contribution < -0.4 is 0 Å². The van der Waals surface area contributed by atoms with Crippen LogP contribution >= 0.6 is 11.3 Å². The predicted octanol–water partition coefficient (Wildman–Crippen LogP) is 4.78. The molecular weight excluding hydrogens is 268 g/mol. The van der Waals surface area contributed by atoms with E-state index in [1.165, 1.54) is 11.3 Å². The first-order valence-corrected chi connectivity index (χ1v) is 7.11. The molecular formula is C17H12O2S. The first-order valence-electron chi connectivity index (χ1n) is 6.23. The number of aromatic carboxylic acids is 1. The van der Waals surface area contributed by atoms with Crippen LogP contribution in [0.25, 0.3) is 21.6 Å². The second kappa shape index (κ2) is 5.31. The molecule has 0 spiro atoms. The van der Waals surface area contributed by atoms with Gasteiger partial charge in [-0.2, -0.15) is 0 Å². The lowest BCUT2D eigenvalue weighted by atomic mass is 9.99. The summed E-state index contributed by atoms with van der Waals surface area (Å²) >= 11 is 1.47. The molecule has 0 aliphatic carbocycles. The lowest BCUT2D eigenvalue weighted by Crippen LogP contribution is -1.96. The summed E-state index contributed by atoms with van der Waals surface area (Å²) in [6.45, 7) is 0. The molecule has 0 aliphatic rings. The van der Waals surface area contributed by atoms with Crippen LogP contribution in [0.1, 0.15) is 10.4 Å². The van der Waals surface area contributed by atoms with Crippen LogP contribution in [0.5, 0.6) is 0 Å². The Hall–Kier alpha value is -2.39. The number of hydrogen-bond acceptors (Lipinski definition) is 2. The molecule has 1 aromatic heterocycles. The molecule has 0 unspecified atom stereocenters. The van der Waals surface area contributed by atoms with Crippen molar-refractivity contribution in [2.24, 2.45) is 0 Å². The molecule has 0 radical (unpaired) electrons. The van der Waals surface area contributed by atoms with Gasteiger partial charge in [0.25, 0.3) is 0 Å². The Morgan fingerprint density at radius 2 is 1.40 bits per heavy atom. The minimum absolute atomic E-state index is 0.361. The van der Waals surface area contributed by atoms with E-state index < -0.39 is 5.97 Å². The zero-order valence-electron chi connectivity index (χ0n) is 10.6. The highest BCUT2D eigenvalue weighted by Gasteiger charge is 2.19. The van der Waals surface area contributed by atoms with Gasteiger partial charge in [0, 0.05) is 15.8 Å². The molecule has 3 heteroatoms. The molecule has 0 fully saturated rings. The van der Waals surface area contributed by atoms with E-state index in [4.69, 9.17) is 0 Å². The maximum absolute atomic E-state index is 11.4. The zero-order valence-corrected chi connectivity index (χ0v) is 11.4. The molecule has 0 aliphatic heterocycles. The van der Waals surface area contributed by atoms with Gasteiger partial charge in [-0.1, -0.05) is 60.7 Å². The molecule has 20 heavy (non-hydrogen) atoms. The molecule has 0 bridgehead atoms. The van der Waals surface area contributed by atoms with E-state index in [2.05, 4.69) is 0 Å². The predicted molar refractivity (Wildman–Crippen MR) is 82.2 cm³/mol. The van der Waals surface area contributed by atoms with Gasteiger partial charge in [-0.15, -0.1) is 11.3 Å². The minimum Gasteiger partial charge on any atom is -0.478 e. The average Bonchev–Trinajstić information content (AvgIpc) is 2.94. The Labute approximate surface area is 121 Å². The number of rotatable bonds is 3. The highest BCUT2D eigenvalue weighted by Crippen LogP contribution is 2.39. The summed E-state index contributed by atoms with van der Waals surface area (Å²) in [7, 11) is 0. The molecule has 0 amide bonds. The topological polar surface area (TPSA) is 37.3 Å². The fourth-order valence-electron chi connectivity index (χ4n) is 2.21. The summed E-state index contributed by atoms with van der Waals surface area (Å²) in [5.41, 5.74) is 3.14. The van der Waals surface area contributed by atoms with E-state index in [0.717, 1.165) is 21.6 Å². The van der Waals surface area contributed by atoms with E-state index in [1.807, 2.05) is 60.7 Å². The summed E-state index contributed by atoms with van der Waals surface area (Å²) < 4.78 is 0. The maximum Gasteiger partial charge on any atom is 0.337 e. The van der Waals surface area contributed by atoms with Gasteiger partial charge >= 0.3 is 5.97 Å². The first kappa shape index (κ1) is 12.6. The summed E-state index contributed by atoms with van der Waals surface area (Å²) in [5, 5.41) is 11.1. The SMILES string of the molecule is O=C(O)c1csc(-c2ccccc2)c1-c1ccccc1. The number of thiophene rings is 1. The number of carboxylic acids is 1. The van der Waals surface area contributed by atoms with E-state index in [9.17, 15) is 9.90 Å². The van der Waals surface area contributed by atoms with Crippen molar-refractivity contribution in [3.8, 4) is 21.6 Å². The fraction of sp³-hybridized carbons (Fsp3) is 0. The standard InChI is InChI=1S/C17H12O2S/c18-17(19)14-11-20-16(13-9-5-2-6-10-13)15(14)12-7-3-1-4-8-12/h1-11H,(H,18,19). The third kappa shape index (κ3) is 2.24. The number of carboxylic acid groups (broad SMARTS) is 1. The quantitative estimate of drug-likeness (QED) is 0.749. The smallest absolute Gasteiger partial charge is 0.337 e. The van der Waals surface area contributed by atoms with Crippen molar-refractivity contribution < 1.29 is 9.90 Å². The van der Waals surface area contributed by atoms with Gasteiger partial charge in [-0.3, -0.25) is 0 Å². The Morgan fingerprint density at radius 3 is 1.95 bits per heavy atom. The summed E-state index contributed by atoms with van der Waals surface area (Å²) in [4.78, 5) is 12.4. The number of benzene rings is 2. The van der Waals surface area contributed by atoms with Crippen molar-refractivity contribution in [3.05, 3.63) is 71.6 Å². The minimum atomic E-state index is -0.887. The second-order valence-electron chi connectivity index (χ2n) is 4.39. The lowest BCUT2D eigenvalue weighted by molar-refractivity contribution is 0.0698. The van der Waals surface area contributed by atoms with Gasteiger partial charge in [0.05, 0.1) is 5.56 Å². The fourth-order valence-corrected chi connectivity index (χ4v) is 3.28. The van der Waals surface area contributed by atoms with Crippen LogP contribution in [0.2, 0.25) is 0 Å². The molecule has 1 heterocycles. The highest BCUT2D eigenvalue weighted by atomic mass is 32.1. The third-order valence-corrected chi connectivity index (χ3v) is 4.15. The Morgan fingerprint density at radius 1 is 0.850 bits per heavy atom. The largest absolute Gasteiger partial charge is 0.478 e. The summed E-state index contributed by atoms with van der Waals surface area (Å²) in [6.07, 6.45) is 0. The van der Waals surface area contributed by atoms with Crippen molar-refractivity contribution in [2.45, 2.75) is 0 Å². The van der Waals surface area contributed by atoms with Crippen LogP contribution in [0, 0.1) is 0 Å². The summed E-state index contributed by atoms with van der Waals surface area (Å²) in [5.74, 6) is -0.887. The Bertz CT molecular complexity index is 730. The first-order chi connectivity index (χ1) is 9.77. The van der Waals surface area contributed by atoms with Crippen molar-refractivity contribution in [3.63, 3.8) is 0 Å². The van der Waals surface area contributed by atoms with Crippen molar-refractivity contribution in [2.75, 3.05) is 0 Å². The van der Waals surface area contributed by atoms with Crippen LogP contribution in [-0.2, 0) is 0 Å². The Kier molecular flexibility index (Phi) is 3.35. The third-order valence-electron chi connectivity index (χ3n) is 3.12. The van der Waals surface area contributed by atoms with Gasteiger partial charge in [-0.25, -0.2) is 4.79 Å². The van der Waals surface area contributed by atoms with Gasteiger partial charge < -0.3 is 5.11 Å². The molecule has 3 aromatic rings. The molecule has 1 N–H and O–H groups in total. The van der Waals surface area contributed by atoms with Gasteiger partial charge in [0.15, 0.2) is 0 Å².